The second kappa shape index (κ2) is 10.9. The minimum absolute atomic E-state index is 0.0147. The predicted molar refractivity (Wildman–Crippen MR) is 183 cm³/mol. The monoisotopic (exact) mass is 623 g/mol. The first kappa shape index (κ1) is 29.7. The number of aryl methyl sites for hydroxylation is 1. The fraction of sp³-hybridized carbons (Fsp3) is 0.590. The molecule has 5 saturated carbocycles. The second-order valence-corrected chi connectivity index (χ2v) is 17.3. The number of aromatic nitrogens is 1. The summed E-state index contributed by atoms with van der Waals surface area (Å²) in [5.41, 5.74) is 4.00. The van der Waals surface area contributed by atoms with Gasteiger partial charge in [0.2, 0.25) is 11.8 Å². The van der Waals surface area contributed by atoms with Crippen molar-refractivity contribution in [3.05, 3.63) is 71.4 Å². The van der Waals surface area contributed by atoms with Crippen molar-refractivity contribution in [1.29, 1.82) is 0 Å². The lowest BCUT2D eigenvalue weighted by molar-refractivity contribution is -0.153. The third-order valence-corrected chi connectivity index (χ3v) is 13.8. The van der Waals surface area contributed by atoms with Crippen molar-refractivity contribution >= 4 is 34.5 Å². The number of hydrogen-bond donors (Lipinski definition) is 2. The van der Waals surface area contributed by atoms with E-state index in [0.717, 1.165) is 66.9 Å². The van der Waals surface area contributed by atoms with Gasteiger partial charge in [0, 0.05) is 35.1 Å². The first-order chi connectivity index (χ1) is 21.7. The number of fused-ring (bicyclic) bond motifs is 1. The standard InChI is InChI=1S/C39H49N3O2S/c1-25-34(30-11-7-8-12-32(30)40-25)35-31(37(35,2)3)20-33(43)42(24-26-9-5-4-6-10-26)39(13-15-45-16-14-39)36(44)41-38-21-27-17-28(22-38)19-29(18-27)23-38/h4-12,27-29,31,35,40H,13-24H2,1-3H3,(H,41,44)/t27?,28?,29?,31-,35-,38?/m0/s1. The number of aromatic amines is 1. The molecule has 5 nitrogen and oxygen atoms in total. The Kier molecular flexibility index (Phi) is 7.20. The Morgan fingerprint density at radius 3 is 2.20 bits per heavy atom. The number of amides is 2. The maximum Gasteiger partial charge on any atom is 0.246 e. The fourth-order valence-electron chi connectivity index (χ4n) is 10.9. The summed E-state index contributed by atoms with van der Waals surface area (Å²) in [5.74, 6) is 4.95. The molecule has 45 heavy (non-hydrogen) atoms. The van der Waals surface area contributed by atoms with E-state index in [0.29, 0.717) is 18.9 Å². The Hall–Kier alpha value is -2.73. The zero-order valence-electron chi connectivity index (χ0n) is 27.2. The summed E-state index contributed by atoms with van der Waals surface area (Å²) < 4.78 is 0. The van der Waals surface area contributed by atoms with Crippen molar-refractivity contribution in [2.45, 2.75) is 102 Å². The second-order valence-electron chi connectivity index (χ2n) is 16.1. The van der Waals surface area contributed by atoms with Crippen LogP contribution in [0.5, 0.6) is 0 Å². The average molecular weight is 624 g/mol. The molecule has 6 fully saturated rings. The molecule has 6 heteroatoms. The van der Waals surface area contributed by atoms with Crippen molar-refractivity contribution < 1.29 is 9.59 Å². The van der Waals surface area contributed by atoms with Crippen molar-refractivity contribution in [3.63, 3.8) is 0 Å². The number of H-pyrrole nitrogens is 1. The van der Waals surface area contributed by atoms with Crippen LogP contribution >= 0.6 is 11.8 Å². The summed E-state index contributed by atoms with van der Waals surface area (Å²) >= 11 is 1.93. The molecule has 5 aliphatic carbocycles. The Morgan fingerprint density at radius 2 is 1.53 bits per heavy atom. The summed E-state index contributed by atoms with van der Waals surface area (Å²) in [6.07, 6.45) is 9.37. The third kappa shape index (κ3) is 5.05. The maximum atomic E-state index is 14.9. The van der Waals surface area contributed by atoms with E-state index in [1.807, 2.05) is 17.8 Å². The largest absolute Gasteiger partial charge is 0.358 e. The highest BCUT2D eigenvalue weighted by atomic mass is 32.2. The van der Waals surface area contributed by atoms with E-state index in [-0.39, 0.29) is 28.7 Å². The van der Waals surface area contributed by atoms with Crippen molar-refractivity contribution in [1.82, 2.24) is 15.2 Å². The predicted octanol–water partition coefficient (Wildman–Crippen LogP) is 7.99. The summed E-state index contributed by atoms with van der Waals surface area (Å²) in [5, 5.41) is 5.03. The van der Waals surface area contributed by atoms with Crippen LogP contribution in [0.4, 0.5) is 0 Å². The van der Waals surface area contributed by atoms with E-state index in [2.05, 4.69) is 84.5 Å². The van der Waals surface area contributed by atoms with Crippen LogP contribution in [0.3, 0.4) is 0 Å². The van der Waals surface area contributed by atoms with Gasteiger partial charge in [-0.05, 0) is 122 Å². The highest BCUT2D eigenvalue weighted by Crippen LogP contribution is 2.67. The van der Waals surface area contributed by atoms with E-state index in [1.54, 1.807) is 0 Å². The Labute approximate surface area is 272 Å². The zero-order valence-corrected chi connectivity index (χ0v) is 28.1. The van der Waals surface area contributed by atoms with Crippen LogP contribution in [0.1, 0.15) is 94.4 Å². The summed E-state index contributed by atoms with van der Waals surface area (Å²) in [6, 6.07) is 18.9. The SMILES string of the molecule is Cc1[nH]c2ccccc2c1[C@@H]1[C@H](CC(=O)N(Cc2ccccc2)C2(C(=O)NC34CC5CC(CC(C5)C3)C4)CCSCC2)C1(C)C. The summed E-state index contributed by atoms with van der Waals surface area (Å²) in [4.78, 5) is 35.4. The minimum atomic E-state index is -0.799. The van der Waals surface area contributed by atoms with Crippen LogP contribution in [-0.2, 0) is 16.1 Å². The topological polar surface area (TPSA) is 65.2 Å². The van der Waals surface area contributed by atoms with Crippen LogP contribution < -0.4 is 5.32 Å². The van der Waals surface area contributed by atoms with Crippen molar-refractivity contribution in [2.24, 2.45) is 29.1 Å². The average Bonchev–Trinajstić information content (AvgIpc) is 3.36. The number of rotatable bonds is 8. The van der Waals surface area contributed by atoms with Crippen LogP contribution in [0.25, 0.3) is 10.9 Å². The molecule has 0 unspecified atom stereocenters. The van der Waals surface area contributed by atoms with Gasteiger partial charge in [0.1, 0.15) is 5.54 Å². The molecule has 2 heterocycles. The van der Waals surface area contributed by atoms with E-state index >= 15 is 0 Å². The molecule has 1 aliphatic heterocycles. The van der Waals surface area contributed by atoms with Crippen LogP contribution in [0.2, 0.25) is 0 Å². The van der Waals surface area contributed by atoms with Gasteiger partial charge >= 0.3 is 0 Å². The third-order valence-electron chi connectivity index (χ3n) is 12.9. The normalized spacial score (nSPS) is 32.4. The van der Waals surface area contributed by atoms with Gasteiger partial charge < -0.3 is 15.2 Å². The minimum Gasteiger partial charge on any atom is -0.358 e. The first-order valence-electron chi connectivity index (χ1n) is 17.5. The number of para-hydroxylation sites is 1. The van der Waals surface area contributed by atoms with E-state index in [9.17, 15) is 9.59 Å². The van der Waals surface area contributed by atoms with Gasteiger partial charge in [-0.3, -0.25) is 9.59 Å². The van der Waals surface area contributed by atoms with E-state index in [1.165, 1.54) is 41.4 Å². The molecule has 6 aliphatic rings. The smallest absolute Gasteiger partial charge is 0.246 e. The molecule has 2 amide bonds. The zero-order chi connectivity index (χ0) is 31.0. The van der Waals surface area contributed by atoms with Crippen LogP contribution in [-0.4, -0.2) is 44.3 Å². The van der Waals surface area contributed by atoms with Gasteiger partial charge in [0.15, 0.2) is 0 Å². The molecule has 238 valence electrons. The summed E-state index contributed by atoms with van der Waals surface area (Å²) in [6.45, 7) is 7.31. The lowest BCUT2D eigenvalue weighted by atomic mass is 9.53. The van der Waals surface area contributed by atoms with Gasteiger partial charge in [0.05, 0.1) is 0 Å². The number of benzene rings is 2. The Bertz CT molecular complexity index is 1570. The summed E-state index contributed by atoms with van der Waals surface area (Å²) in [7, 11) is 0. The Balaban J connectivity index is 1.11. The quantitative estimate of drug-likeness (QED) is 0.267. The maximum absolute atomic E-state index is 14.9. The molecule has 0 radical (unpaired) electrons. The lowest BCUT2D eigenvalue weighted by Gasteiger charge is -2.58. The molecular weight excluding hydrogens is 575 g/mol. The van der Waals surface area contributed by atoms with Gasteiger partial charge in [-0.15, -0.1) is 0 Å². The van der Waals surface area contributed by atoms with Gasteiger partial charge in [-0.1, -0.05) is 62.4 Å². The Morgan fingerprint density at radius 1 is 0.911 bits per heavy atom. The van der Waals surface area contributed by atoms with Crippen molar-refractivity contribution in [3.8, 4) is 0 Å². The molecule has 3 aromatic rings. The number of nitrogens with one attached hydrogen (secondary N) is 2. The highest BCUT2D eigenvalue weighted by Gasteiger charge is 2.61. The van der Waals surface area contributed by atoms with E-state index < -0.39 is 5.54 Å². The fourth-order valence-corrected chi connectivity index (χ4v) is 12.1. The van der Waals surface area contributed by atoms with Gasteiger partial charge in [-0.25, -0.2) is 0 Å². The van der Waals surface area contributed by atoms with Crippen molar-refractivity contribution in [2.75, 3.05) is 11.5 Å². The van der Waals surface area contributed by atoms with Gasteiger partial charge in [0.25, 0.3) is 0 Å². The van der Waals surface area contributed by atoms with Gasteiger partial charge in [-0.2, -0.15) is 11.8 Å². The lowest BCUT2D eigenvalue weighted by Crippen LogP contribution is -2.68. The number of thioether (sulfide) groups is 1. The number of carbonyl (C=O) groups excluding carboxylic acids is 2. The van der Waals surface area contributed by atoms with Crippen LogP contribution in [0.15, 0.2) is 54.6 Å². The number of hydrogen-bond acceptors (Lipinski definition) is 3. The van der Waals surface area contributed by atoms with Crippen LogP contribution in [0, 0.1) is 36.0 Å². The van der Waals surface area contributed by atoms with E-state index in [4.69, 9.17) is 0 Å². The number of nitrogens with zero attached hydrogens (tertiary/aromatic N) is 1. The molecule has 9 rings (SSSR count). The first-order valence-corrected chi connectivity index (χ1v) is 18.6. The number of carbonyl (C=O) groups is 2. The molecule has 1 saturated heterocycles. The molecule has 4 bridgehead atoms. The molecule has 2 atom stereocenters. The molecule has 2 N–H and O–H groups in total. The highest BCUT2D eigenvalue weighted by molar-refractivity contribution is 7.99. The molecule has 2 aromatic carbocycles. The molecular formula is C39H49N3O2S. The molecule has 1 aromatic heterocycles. The molecule has 0 spiro atoms.